The lowest BCUT2D eigenvalue weighted by molar-refractivity contribution is 1.20. The van der Waals surface area contributed by atoms with E-state index in [1.54, 1.807) is 12.1 Å². The third-order valence-corrected chi connectivity index (χ3v) is 3.29. The molecule has 0 aliphatic rings. The molecule has 3 aromatic rings. The van der Waals surface area contributed by atoms with Crippen LogP contribution in [0.2, 0.25) is 0 Å². The normalized spacial score (nSPS) is 9.92. The molecule has 0 aliphatic carbocycles. The SMILES string of the molecule is Nc1cc(N)nc(N)n1.Nc1ccc(-c2ccc(N)c(N)c2)cc1N. The van der Waals surface area contributed by atoms with Crippen molar-refractivity contribution in [3.8, 4) is 11.1 Å². The van der Waals surface area contributed by atoms with E-state index in [0.717, 1.165) is 11.1 Å². The Hall–Kier alpha value is -3.88. The number of nitrogens with zero attached hydrogens (tertiary/aromatic N) is 2. The average molecular weight is 339 g/mol. The van der Waals surface area contributed by atoms with Gasteiger partial charge in [-0.1, -0.05) is 12.1 Å². The standard InChI is InChI=1S/C12H14N4.C4H7N5/c13-9-3-1-7(5-11(9)15)8-2-4-10(14)12(16)6-8;5-2-1-3(6)9-4(7)8-2/h1-6H,13-16H2;1H,(H6,5,6,7,8,9). The van der Waals surface area contributed by atoms with Crippen LogP contribution < -0.4 is 40.1 Å². The van der Waals surface area contributed by atoms with E-state index in [-0.39, 0.29) is 5.95 Å². The van der Waals surface area contributed by atoms with E-state index in [2.05, 4.69) is 9.97 Å². The highest BCUT2D eigenvalue weighted by Crippen LogP contribution is 2.28. The van der Waals surface area contributed by atoms with E-state index in [0.29, 0.717) is 34.4 Å². The molecular formula is C16H21N9. The van der Waals surface area contributed by atoms with Crippen LogP contribution in [0, 0.1) is 0 Å². The van der Waals surface area contributed by atoms with E-state index in [1.165, 1.54) is 6.07 Å². The number of benzene rings is 2. The molecule has 3 rings (SSSR count). The fourth-order valence-corrected chi connectivity index (χ4v) is 2.01. The van der Waals surface area contributed by atoms with Gasteiger partial charge in [-0.15, -0.1) is 0 Å². The van der Waals surface area contributed by atoms with Gasteiger partial charge >= 0.3 is 0 Å². The summed E-state index contributed by atoms with van der Waals surface area (Å²) in [6, 6.07) is 12.4. The molecule has 2 aromatic carbocycles. The summed E-state index contributed by atoms with van der Waals surface area (Å²) >= 11 is 0. The molecule has 14 N–H and O–H groups in total. The van der Waals surface area contributed by atoms with Crippen LogP contribution in [-0.4, -0.2) is 9.97 Å². The fourth-order valence-electron chi connectivity index (χ4n) is 2.01. The number of nitrogens with two attached hydrogens (primary N) is 7. The second kappa shape index (κ2) is 7.13. The van der Waals surface area contributed by atoms with E-state index < -0.39 is 0 Å². The lowest BCUT2D eigenvalue weighted by atomic mass is 10.0. The monoisotopic (exact) mass is 339 g/mol. The maximum absolute atomic E-state index is 5.74. The van der Waals surface area contributed by atoms with Gasteiger partial charge in [0.2, 0.25) is 5.95 Å². The van der Waals surface area contributed by atoms with Gasteiger partial charge in [0.15, 0.2) is 0 Å². The summed E-state index contributed by atoms with van der Waals surface area (Å²) in [5.74, 6) is 0.688. The summed E-state index contributed by atoms with van der Waals surface area (Å²) in [7, 11) is 0. The molecule has 25 heavy (non-hydrogen) atoms. The Morgan fingerprint density at radius 2 is 0.880 bits per heavy atom. The first-order valence-electron chi connectivity index (χ1n) is 7.22. The van der Waals surface area contributed by atoms with Crippen LogP contribution in [0.1, 0.15) is 0 Å². The van der Waals surface area contributed by atoms with Crippen molar-refractivity contribution >= 4 is 40.3 Å². The van der Waals surface area contributed by atoms with Crippen LogP contribution in [0.4, 0.5) is 40.3 Å². The summed E-state index contributed by atoms with van der Waals surface area (Å²) < 4.78 is 0. The molecule has 1 heterocycles. The Morgan fingerprint density at radius 3 is 1.20 bits per heavy atom. The Morgan fingerprint density at radius 1 is 0.480 bits per heavy atom. The predicted molar refractivity (Wildman–Crippen MR) is 105 cm³/mol. The highest BCUT2D eigenvalue weighted by atomic mass is 15.1. The Bertz CT molecular complexity index is 793. The first-order chi connectivity index (χ1) is 11.8. The zero-order chi connectivity index (χ0) is 18.6. The lowest BCUT2D eigenvalue weighted by Gasteiger charge is -2.07. The molecule has 0 aliphatic heterocycles. The molecule has 0 saturated heterocycles. The molecule has 0 radical (unpaired) electrons. The van der Waals surface area contributed by atoms with Crippen molar-refractivity contribution < 1.29 is 0 Å². The van der Waals surface area contributed by atoms with Gasteiger partial charge in [-0.25, -0.2) is 0 Å². The molecule has 9 heteroatoms. The van der Waals surface area contributed by atoms with E-state index in [4.69, 9.17) is 40.1 Å². The third-order valence-electron chi connectivity index (χ3n) is 3.29. The van der Waals surface area contributed by atoms with E-state index in [9.17, 15) is 0 Å². The third kappa shape index (κ3) is 4.55. The second-order valence-corrected chi connectivity index (χ2v) is 5.26. The predicted octanol–water partition coefficient (Wildman–Crippen LogP) is 0.906. The topological polar surface area (TPSA) is 208 Å². The molecule has 0 fully saturated rings. The smallest absolute Gasteiger partial charge is 0.223 e. The molecular weight excluding hydrogens is 318 g/mol. The van der Waals surface area contributed by atoms with E-state index in [1.807, 2.05) is 24.3 Å². The van der Waals surface area contributed by atoms with Crippen LogP contribution in [0.5, 0.6) is 0 Å². The van der Waals surface area contributed by atoms with E-state index >= 15 is 0 Å². The summed E-state index contributed by atoms with van der Waals surface area (Å²) in [5.41, 5.74) is 42.7. The minimum Gasteiger partial charge on any atom is -0.397 e. The number of anilines is 7. The molecule has 0 spiro atoms. The lowest BCUT2D eigenvalue weighted by Crippen LogP contribution is -2.01. The van der Waals surface area contributed by atoms with Gasteiger partial charge in [0.1, 0.15) is 11.6 Å². The minimum atomic E-state index is 0.104. The van der Waals surface area contributed by atoms with Gasteiger partial charge in [0, 0.05) is 6.07 Å². The molecule has 0 saturated carbocycles. The maximum atomic E-state index is 5.74. The number of aromatic nitrogens is 2. The van der Waals surface area contributed by atoms with Crippen molar-refractivity contribution in [1.82, 2.24) is 9.97 Å². The van der Waals surface area contributed by atoms with Gasteiger partial charge in [-0.2, -0.15) is 9.97 Å². The highest BCUT2D eigenvalue weighted by Gasteiger charge is 2.02. The van der Waals surface area contributed by atoms with Crippen molar-refractivity contribution in [1.29, 1.82) is 0 Å². The van der Waals surface area contributed by atoms with Crippen LogP contribution in [0.3, 0.4) is 0 Å². The molecule has 0 unspecified atom stereocenters. The Labute approximate surface area is 144 Å². The summed E-state index contributed by atoms with van der Waals surface area (Å²) in [4.78, 5) is 7.20. The van der Waals surface area contributed by atoms with Gasteiger partial charge in [-0.3, -0.25) is 0 Å². The highest BCUT2D eigenvalue weighted by molar-refractivity contribution is 5.78. The molecule has 0 atom stereocenters. The molecule has 0 bridgehead atoms. The first-order valence-corrected chi connectivity index (χ1v) is 7.22. The maximum Gasteiger partial charge on any atom is 0.223 e. The minimum absolute atomic E-state index is 0.104. The number of rotatable bonds is 1. The first kappa shape index (κ1) is 17.5. The average Bonchev–Trinajstić information content (AvgIpc) is 2.52. The second-order valence-electron chi connectivity index (χ2n) is 5.26. The van der Waals surface area contributed by atoms with Gasteiger partial charge < -0.3 is 40.1 Å². The quantitative estimate of drug-likeness (QED) is 0.313. The number of hydrogen-bond donors (Lipinski definition) is 7. The molecule has 9 nitrogen and oxygen atoms in total. The van der Waals surface area contributed by atoms with Gasteiger partial charge in [-0.05, 0) is 35.4 Å². The van der Waals surface area contributed by atoms with Crippen molar-refractivity contribution in [3.63, 3.8) is 0 Å². The van der Waals surface area contributed by atoms with Crippen molar-refractivity contribution in [2.75, 3.05) is 40.1 Å². The summed E-state index contributed by atoms with van der Waals surface area (Å²) in [6.07, 6.45) is 0. The number of nitrogen functional groups attached to an aromatic ring is 7. The van der Waals surface area contributed by atoms with Crippen LogP contribution in [0.25, 0.3) is 11.1 Å². The Kier molecular flexibility index (Phi) is 4.98. The Balaban J connectivity index is 0.000000212. The fraction of sp³-hybridized carbons (Fsp3) is 0. The number of hydrogen-bond acceptors (Lipinski definition) is 9. The molecule has 130 valence electrons. The van der Waals surface area contributed by atoms with Crippen LogP contribution in [-0.2, 0) is 0 Å². The van der Waals surface area contributed by atoms with Crippen molar-refractivity contribution in [3.05, 3.63) is 42.5 Å². The van der Waals surface area contributed by atoms with Crippen molar-refractivity contribution in [2.45, 2.75) is 0 Å². The van der Waals surface area contributed by atoms with Crippen LogP contribution in [0.15, 0.2) is 42.5 Å². The largest absolute Gasteiger partial charge is 0.397 e. The zero-order valence-electron chi connectivity index (χ0n) is 13.5. The molecule has 0 amide bonds. The summed E-state index contributed by atoms with van der Waals surface area (Å²) in [5, 5.41) is 0. The molecule has 1 aromatic heterocycles. The summed E-state index contributed by atoms with van der Waals surface area (Å²) in [6.45, 7) is 0. The van der Waals surface area contributed by atoms with Crippen LogP contribution >= 0.6 is 0 Å². The van der Waals surface area contributed by atoms with Gasteiger partial charge in [0.25, 0.3) is 0 Å². The zero-order valence-corrected chi connectivity index (χ0v) is 13.5. The van der Waals surface area contributed by atoms with Crippen molar-refractivity contribution in [2.24, 2.45) is 0 Å². The van der Waals surface area contributed by atoms with Gasteiger partial charge in [0.05, 0.1) is 22.7 Å².